The van der Waals surface area contributed by atoms with Gasteiger partial charge in [-0.1, -0.05) is 18.2 Å². The number of hydrogen-bond donors (Lipinski definition) is 0. The molecule has 3 rings (SSSR count). The zero-order valence-corrected chi connectivity index (χ0v) is 13.9. The van der Waals surface area contributed by atoms with Crippen molar-refractivity contribution in [2.75, 3.05) is 29.9 Å². The van der Waals surface area contributed by atoms with Gasteiger partial charge in [0.15, 0.2) is 6.20 Å². The van der Waals surface area contributed by atoms with Gasteiger partial charge in [0, 0.05) is 38.4 Å². The number of piperidine rings is 1. The predicted octanol–water partition coefficient (Wildman–Crippen LogP) is 3.62. The van der Waals surface area contributed by atoms with Crippen LogP contribution in [-0.2, 0) is 6.54 Å². The van der Waals surface area contributed by atoms with Crippen LogP contribution in [0.4, 0.5) is 17.2 Å². The molecule has 0 amide bonds. The average molecular weight is 326 g/mol. The van der Waals surface area contributed by atoms with Gasteiger partial charge < -0.3 is 19.9 Å². The highest BCUT2D eigenvalue weighted by Gasteiger charge is 2.16. The third kappa shape index (κ3) is 3.64. The zero-order chi connectivity index (χ0) is 16.9. The van der Waals surface area contributed by atoms with Crippen LogP contribution in [0.25, 0.3) is 0 Å². The quantitative estimate of drug-likeness (QED) is 0.620. The molecule has 0 atom stereocenters. The number of hydrogen-bond acceptors (Lipinski definition) is 5. The molecule has 2 heterocycles. The number of anilines is 2. The van der Waals surface area contributed by atoms with Gasteiger partial charge in [-0.15, -0.1) is 0 Å². The average Bonchev–Trinajstić information content (AvgIpc) is 2.63. The molecule has 1 aromatic carbocycles. The van der Waals surface area contributed by atoms with Crippen LogP contribution in [0.5, 0.6) is 0 Å². The van der Waals surface area contributed by atoms with E-state index in [-0.39, 0.29) is 5.82 Å². The highest BCUT2D eigenvalue weighted by molar-refractivity contribution is 5.56. The Morgan fingerprint density at radius 2 is 1.92 bits per heavy atom. The van der Waals surface area contributed by atoms with Crippen LogP contribution in [0, 0.1) is 10.1 Å². The summed E-state index contributed by atoms with van der Waals surface area (Å²) < 4.78 is 0. The lowest BCUT2D eigenvalue weighted by atomic mass is 10.1. The number of nitrogens with zero attached hydrogens (tertiary/aromatic N) is 4. The summed E-state index contributed by atoms with van der Waals surface area (Å²) in [5.74, 6) is -0.124. The van der Waals surface area contributed by atoms with Crippen molar-refractivity contribution in [2.45, 2.75) is 25.8 Å². The molecule has 6 heteroatoms. The fraction of sp³-hybridized carbons (Fsp3) is 0.389. The van der Waals surface area contributed by atoms with E-state index in [9.17, 15) is 10.1 Å². The molecule has 0 spiro atoms. The second-order valence-corrected chi connectivity index (χ2v) is 6.16. The Bertz CT molecular complexity index is 696. The standard InChI is InChI=1S/C18H22N4O2/c1-20(16-9-10-18(19-13-16)22(23)24)14-15-7-3-4-8-17(15)21-11-5-2-6-12-21/h3-4,7-10,13H,2,5-6,11-12,14H2,1H3. The molecule has 0 radical (unpaired) electrons. The van der Waals surface area contributed by atoms with E-state index in [0.717, 1.165) is 25.3 Å². The van der Waals surface area contributed by atoms with Gasteiger partial charge in [-0.25, -0.2) is 0 Å². The predicted molar refractivity (Wildman–Crippen MR) is 95.5 cm³/mol. The first-order valence-corrected chi connectivity index (χ1v) is 8.29. The van der Waals surface area contributed by atoms with Crippen molar-refractivity contribution in [2.24, 2.45) is 0 Å². The van der Waals surface area contributed by atoms with E-state index < -0.39 is 4.92 Å². The van der Waals surface area contributed by atoms with Crippen molar-refractivity contribution in [3.05, 3.63) is 58.3 Å². The van der Waals surface area contributed by atoms with Crippen molar-refractivity contribution in [1.82, 2.24) is 4.98 Å². The van der Waals surface area contributed by atoms with Crippen LogP contribution in [0.15, 0.2) is 42.6 Å². The van der Waals surface area contributed by atoms with E-state index in [2.05, 4.69) is 39.0 Å². The fourth-order valence-corrected chi connectivity index (χ4v) is 3.15. The van der Waals surface area contributed by atoms with E-state index in [0.29, 0.717) is 0 Å². The van der Waals surface area contributed by atoms with E-state index in [1.54, 1.807) is 12.3 Å². The van der Waals surface area contributed by atoms with Crippen LogP contribution < -0.4 is 9.80 Å². The van der Waals surface area contributed by atoms with E-state index in [1.807, 2.05) is 7.05 Å². The topological polar surface area (TPSA) is 62.5 Å². The molecule has 2 aromatic rings. The summed E-state index contributed by atoms with van der Waals surface area (Å²) in [6, 6.07) is 11.7. The Hall–Kier alpha value is -2.63. The molecule has 1 aliphatic heterocycles. The number of pyridine rings is 1. The third-order valence-corrected chi connectivity index (χ3v) is 4.46. The SMILES string of the molecule is CN(Cc1ccccc1N1CCCCC1)c1ccc([N+](=O)[O-])nc1. The van der Waals surface area contributed by atoms with Crippen molar-refractivity contribution in [1.29, 1.82) is 0 Å². The van der Waals surface area contributed by atoms with Gasteiger partial charge in [-0.2, -0.15) is 0 Å². The molecular formula is C18H22N4O2. The van der Waals surface area contributed by atoms with Gasteiger partial charge in [0.2, 0.25) is 0 Å². The molecule has 0 bridgehead atoms. The van der Waals surface area contributed by atoms with Gasteiger partial charge >= 0.3 is 5.82 Å². The summed E-state index contributed by atoms with van der Waals surface area (Å²) in [6.45, 7) is 2.96. The molecule has 1 saturated heterocycles. The number of nitro groups is 1. The van der Waals surface area contributed by atoms with Crippen LogP contribution in [0.1, 0.15) is 24.8 Å². The third-order valence-electron chi connectivity index (χ3n) is 4.46. The van der Waals surface area contributed by atoms with Gasteiger partial charge in [-0.3, -0.25) is 0 Å². The lowest BCUT2D eigenvalue weighted by Crippen LogP contribution is -2.31. The van der Waals surface area contributed by atoms with Crippen molar-refractivity contribution in [3.8, 4) is 0 Å². The van der Waals surface area contributed by atoms with Gasteiger partial charge in [0.25, 0.3) is 0 Å². The van der Waals surface area contributed by atoms with E-state index in [1.165, 1.54) is 36.6 Å². The minimum absolute atomic E-state index is 0.124. The molecule has 24 heavy (non-hydrogen) atoms. The van der Waals surface area contributed by atoms with Gasteiger partial charge in [0.05, 0.1) is 5.69 Å². The smallest absolute Gasteiger partial charge is 0.363 e. The maximum absolute atomic E-state index is 10.7. The molecule has 6 nitrogen and oxygen atoms in total. The zero-order valence-electron chi connectivity index (χ0n) is 13.9. The Morgan fingerprint density at radius 1 is 1.17 bits per heavy atom. The number of rotatable bonds is 5. The summed E-state index contributed by atoms with van der Waals surface area (Å²) in [5, 5.41) is 10.7. The summed E-state index contributed by atoms with van der Waals surface area (Å²) in [4.78, 5) is 18.7. The highest BCUT2D eigenvalue weighted by atomic mass is 16.6. The normalized spacial score (nSPS) is 14.5. The molecule has 1 fully saturated rings. The van der Waals surface area contributed by atoms with Crippen LogP contribution in [0.2, 0.25) is 0 Å². The molecule has 0 unspecified atom stereocenters. The number of para-hydroxylation sites is 1. The highest BCUT2D eigenvalue weighted by Crippen LogP contribution is 2.26. The maximum atomic E-state index is 10.7. The van der Waals surface area contributed by atoms with Crippen LogP contribution in [-0.4, -0.2) is 30.0 Å². The van der Waals surface area contributed by atoms with Gasteiger partial charge in [-0.05, 0) is 46.9 Å². The molecular weight excluding hydrogens is 304 g/mol. The van der Waals surface area contributed by atoms with E-state index in [4.69, 9.17) is 0 Å². The molecule has 1 aromatic heterocycles. The van der Waals surface area contributed by atoms with Crippen molar-refractivity contribution < 1.29 is 4.92 Å². The molecule has 0 aliphatic carbocycles. The largest absolute Gasteiger partial charge is 0.371 e. The lowest BCUT2D eigenvalue weighted by molar-refractivity contribution is -0.389. The molecule has 1 aliphatic rings. The summed E-state index contributed by atoms with van der Waals surface area (Å²) in [7, 11) is 1.98. The fourth-order valence-electron chi connectivity index (χ4n) is 3.15. The minimum atomic E-state index is -0.477. The Kier molecular flexibility index (Phi) is 4.93. The lowest BCUT2D eigenvalue weighted by Gasteiger charge is -2.31. The summed E-state index contributed by atoms with van der Waals surface area (Å²) in [5.41, 5.74) is 3.42. The van der Waals surface area contributed by atoms with E-state index >= 15 is 0 Å². The Morgan fingerprint density at radius 3 is 2.58 bits per heavy atom. The second-order valence-electron chi connectivity index (χ2n) is 6.16. The van der Waals surface area contributed by atoms with Crippen LogP contribution in [0.3, 0.4) is 0 Å². The van der Waals surface area contributed by atoms with Crippen molar-refractivity contribution >= 4 is 17.2 Å². The molecule has 0 N–H and O–H groups in total. The first-order valence-electron chi connectivity index (χ1n) is 8.29. The number of aromatic nitrogens is 1. The monoisotopic (exact) mass is 326 g/mol. The first-order chi connectivity index (χ1) is 11.6. The minimum Gasteiger partial charge on any atom is -0.371 e. The Labute approximate surface area is 141 Å². The Balaban J connectivity index is 1.76. The molecule has 126 valence electrons. The summed E-state index contributed by atoms with van der Waals surface area (Å²) >= 11 is 0. The first kappa shape index (κ1) is 16.2. The second kappa shape index (κ2) is 7.29. The molecule has 0 saturated carbocycles. The van der Waals surface area contributed by atoms with Crippen molar-refractivity contribution in [3.63, 3.8) is 0 Å². The van der Waals surface area contributed by atoms with Crippen LogP contribution >= 0.6 is 0 Å². The number of benzene rings is 1. The van der Waals surface area contributed by atoms with Gasteiger partial charge in [0.1, 0.15) is 0 Å². The summed E-state index contributed by atoms with van der Waals surface area (Å²) in [6.07, 6.45) is 5.36. The maximum Gasteiger partial charge on any atom is 0.363 e.